The van der Waals surface area contributed by atoms with Crippen molar-refractivity contribution >= 4 is 23.0 Å². The molecule has 4 nitrogen and oxygen atoms in total. The molecule has 0 saturated heterocycles. The van der Waals surface area contributed by atoms with Crippen molar-refractivity contribution in [2.45, 2.75) is 19.4 Å². The monoisotopic (exact) mass is 213 g/mol. The highest BCUT2D eigenvalue weighted by atomic mass is 16.2. The normalized spacial score (nSPS) is 27.1. The third-order valence-electron chi connectivity index (χ3n) is 3.09. The number of rotatable bonds is 1. The number of aliphatic imine (C=N–C) groups is 1. The maximum atomic E-state index is 12.2. The second-order valence-corrected chi connectivity index (χ2v) is 4.05. The molecule has 0 saturated carbocycles. The number of carbonyl (C=O) groups excluding carboxylic acids is 1. The maximum Gasteiger partial charge on any atom is 0.287 e. The third-order valence-corrected chi connectivity index (χ3v) is 3.09. The summed E-state index contributed by atoms with van der Waals surface area (Å²) in [5.74, 6) is -0.0614. The maximum absolute atomic E-state index is 12.2. The molecule has 1 atom stereocenters. The first-order chi connectivity index (χ1) is 7.66. The van der Waals surface area contributed by atoms with Crippen LogP contribution >= 0.6 is 0 Å². The van der Waals surface area contributed by atoms with E-state index in [2.05, 4.69) is 10.1 Å². The molecule has 2 aliphatic heterocycles. The highest BCUT2D eigenvalue weighted by Crippen LogP contribution is 2.38. The molecule has 80 valence electrons. The van der Waals surface area contributed by atoms with E-state index < -0.39 is 5.54 Å². The Hall–Kier alpha value is -1.97. The van der Waals surface area contributed by atoms with Crippen molar-refractivity contribution in [3.63, 3.8) is 0 Å². The van der Waals surface area contributed by atoms with Crippen molar-refractivity contribution in [1.29, 1.82) is 0 Å². The zero-order valence-electron chi connectivity index (χ0n) is 9.14. The number of carbonyl (C=O) groups is 1. The molecule has 1 amide bonds. The molecule has 1 aromatic rings. The Labute approximate surface area is 93.3 Å². The number of hydrogen-bond acceptors (Lipinski definition) is 3. The Morgan fingerprint density at radius 1 is 1.12 bits per heavy atom. The zero-order valence-corrected chi connectivity index (χ0v) is 9.14. The number of nitrogens with zero attached hydrogens (tertiary/aromatic N) is 3. The third kappa shape index (κ3) is 0.961. The fourth-order valence-corrected chi connectivity index (χ4v) is 2.09. The fraction of sp³-hybridized carbons (Fsp3) is 0.250. The van der Waals surface area contributed by atoms with Crippen molar-refractivity contribution in [3.8, 4) is 0 Å². The van der Waals surface area contributed by atoms with E-state index >= 15 is 0 Å². The van der Waals surface area contributed by atoms with Crippen molar-refractivity contribution in [2.24, 2.45) is 10.1 Å². The molecule has 0 aliphatic carbocycles. The van der Waals surface area contributed by atoms with E-state index in [-0.39, 0.29) is 5.91 Å². The van der Waals surface area contributed by atoms with Gasteiger partial charge in [0.25, 0.3) is 5.91 Å². The Balaban J connectivity index is 2.00. The topological polar surface area (TPSA) is 45.0 Å². The standard InChI is InChI=1S/C12H11N3O/c1-8-12(13-8)9(2)14-15(11(12)16)10-6-4-3-5-7-10/h3-7H,1-2H3. The minimum Gasteiger partial charge on any atom is -0.269 e. The van der Waals surface area contributed by atoms with Gasteiger partial charge in [-0.15, -0.1) is 0 Å². The first-order valence-electron chi connectivity index (χ1n) is 5.18. The molecule has 1 aromatic carbocycles. The summed E-state index contributed by atoms with van der Waals surface area (Å²) in [4.78, 5) is 16.4. The molecule has 0 bridgehead atoms. The van der Waals surface area contributed by atoms with Crippen LogP contribution < -0.4 is 5.01 Å². The van der Waals surface area contributed by atoms with E-state index in [0.29, 0.717) is 0 Å². The molecule has 2 heterocycles. The molecule has 3 rings (SSSR count). The average Bonchev–Trinajstić information content (AvgIpc) is 2.92. The van der Waals surface area contributed by atoms with Gasteiger partial charge in [0.1, 0.15) is 0 Å². The largest absolute Gasteiger partial charge is 0.287 e. The Morgan fingerprint density at radius 3 is 2.25 bits per heavy atom. The Morgan fingerprint density at radius 2 is 1.75 bits per heavy atom. The lowest BCUT2D eigenvalue weighted by atomic mass is 9.99. The smallest absolute Gasteiger partial charge is 0.269 e. The second-order valence-electron chi connectivity index (χ2n) is 4.05. The van der Waals surface area contributed by atoms with Gasteiger partial charge in [-0.05, 0) is 26.0 Å². The summed E-state index contributed by atoms with van der Waals surface area (Å²) in [5.41, 5.74) is 1.69. The van der Waals surface area contributed by atoms with Gasteiger partial charge in [-0.1, -0.05) is 18.2 Å². The van der Waals surface area contributed by atoms with Gasteiger partial charge in [0.05, 0.1) is 17.1 Å². The predicted molar refractivity (Wildman–Crippen MR) is 62.9 cm³/mol. The lowest BCUT2D eigenvalue weighted by molar-refractivity contribution is -0.118. The number of hydrogen-bond donors (Lipinski definition) is 0. The van der Waals surface area contributed by atoms with Gasteiger partial charge in [0.2, 0.25) is 5.54 Å². The average molecular weight is 213 g/mol. The summed E-state index contributed by atoms with van der Waals surface area (Å²) in [6.45, 7) is 3.71. The van der Waals surface area contributed by atoms with Crippen LogP contribution in [0.1, 0.15) is 13.8 Å². The van der Waals surface area contributed by atoms with Crippen molar-refractivity contribution in [2.75, 3.05) is 5.01 Å². The fourth-order valence-electron chi connectivity index (χ4n) is 2.09. The quantitative estimate of drug-likeness (QED) is 0.699. The minimum atomic E-state index is -0.726. The van der Waals surface area contributed by atoms with Gasteiger partial charge in [-0.2, -0.15) is 10.1 Å². The summed E-state index contributed by atoms with van der Waals surface area (Å²) >= 11 is 0. The Bertz CT molecular complexity index is 532. The van der Waals surface area contributed by atoms with Crippen LogP contribution in [-0.4, -0.2) is 22.9 Å². The minimum absolute atomic E-state index is 0.0614. The first kappa shape index (κ1) is 9.27. The van der Waals surface area contributed by atoms with Gasteiger partial charge in [0.15, 0.2) is 0 Å². The Kier molecular flexibility index (Phi) is 1.61. The van der Waals surface area contributed by atoms with Crippen molar-refractivity contribution < 1.29 is 4.79 Å². The lowest BCUT2D eigenvalue weighted by Gasteiger charge is -2.12. The van der Waals surface area contributed by atoms with Crippen LogP contribution in [0.25, 0.3) is 0 Å². The zero-order chi connectivity index (χ0) is 11.3. The summed E-state index contributed by atoms with van der Waals surface area (Å²) in [6, 6.07) is 9.42. The molecular weight excluding hydrogens is 202 g/mol. The van der Waals surface area contributed by atoms with Gasteiger partial charge < -0.3 is 0 Å². The van der Waals surface area contributed by atoms with Crippen LogP contribution in [0, 0.1) is 0 Å². The molecule has 2 aliphatic rings. The number of para-hydroxylation sites is 1. The van der Waals surface area contributed by atoms with Crippen molar-refractivity contribution in [3.05, 3.63) is 30.3 Å². The number of amides is 1. The number of benzene rings is 1. The van der Waals surface area contributed by atoms with Gasteiger partial charge in [-0.3, -0.25) is 9.79 Å². The summed E-state index contributed by atoms with van der Waals surface area (Å²) < 4.78 is 0. The molecule has 1 spiro atoms. The molecule has 1 unspecified atom stereocenters. The lowest BCUT2D eigenvalue weighted by Crippen LogP contribution is -2.38. The van der Waals surface area contributed by atoms with Crippen LogP contribution in [-0.2, 0) is 4.79 Å². The molecule has 4 heteroatoms. The summed E-state index contributed by atoms with van der Waals surface area (Å²) in [5, 5.41) is 5.73. The van der Waals surface area contributed by atoms with E-state index in [9.17, 15) is 4.79 Å². The van der Waals surface area contributed by atoms with Crippen LogP contribution in [0.5, 0.6) is 0 Å². The summed E-state index contributed by atoms with van der Waals surface area (Å²) in [7, 11) is 0. The highest BCUT2D eigenvalue weighted by Gasteiger charge is 2.60. The van der Waals surface area contributed by atoms with Crippen LogP contribution in [0.2, 0.25) is 0 Å². The SMILES string of the molecule is CC1=NN(c2ccccc2)C(=O)C12N=C2C. The van der Waals surface area contributed by atoms with E-state index in [1.165, 1.54) is 5.01 Å². The van der Waals surface area contributed by atoms with Gasteiger partial charge >= 0.3 is 0 Å². The van der Waals surface area contributed by atoms with E-state index in [4.69, 9.17) is 0 Å². The predicted octanol–water partition coefficient (Wildman–Crippen LogP) is 1.62. The molecular formula is C12H11N3O. The molecule has 0 aromatic heterocycles. The van der Waals surface area contributed by atoms with Crippen LogP contribution in [0.15, 0.2) is 40.4 Å². The first-order valence-corrected chi connectivity index (χ1v) is 5.18. The van der Waals surface area contributed by atoms with Gasteiger partial charge in [0, 0.05) is 0 Å². The second kappa shape index (κ2) is 2.78. The molecule has 0 radical (unpaired) electrons. The van der Waals surface area contributed by atoms with E-state index in [1.807, 2.05) is 44.2 Å². The molecule has 0 fully saturated rings. The number of hydrazone groups is 1. The summed E-state index contributed by atoms with van der Waals surface area (Å²) in [6.07, 6.45) is 0. The van der Waals surface area contributed by atoms with Crippen LogP contribution in [0.3, 0.4) is 0 Å². The van der Waals surface area contributed by atoms with Crippen molar-refractivity contribution in [1.82, 2.24) is 0 Å². The van der Waals surface area contributed by atoms with Gasteiger partial charge in [-0.25, -0.2) is 0 Å². The van der Waals surface area contributed by atoms with Crippen LogP contribution in [0.4, 0.5) is 5.69 Å². The van der Waals surface area contributed by atoms with E-state index in [0.717, 1.165) is 17.1 Å². The van der Waals surface area contributed by atoms with E-state index in [1.54, 1.807) is 0 Å². The highest BCUT2D eigenvalue weighted by molar-refractivity contribution is 6.43. The molecule has 0 N–H and O–H groups in total. The number of anilines is 1. The molecule has 16 heavy (non-hydrogen) atoms.